The Hall–Kier alpha value is -1.49. The maximum atomic E-state index is 11.5. The Balaban J connectivity index is 2.50. The molecule has 0 fully saturated rings. The molecule has 0 aliphatic carbocycles. The molecule has 1 N–H and O–H groups in total. The Bertz CT molecular complexity index is 448. The number of hydrogen-bond donors (Lipinski definition) is 1. The number of rotatable bonds is 6. The number of carbonyl (C=O) groups excluding carboxylic acids is 2. The van der Waals surface area contributed by atoms with Gasteiger partial charge in [0, 0.05) is 18.4 Å². The Morgan fingerprint density at radius 3 is 2.63 bits per heavy atom. The van der Waals surface area contributed by atoms with E-state index in [0.717, 1.165) is 5.75 Å². The first-order chi connectivity index (χ1) is 9.04. The second-order valence-electron chi connectivity index (χ2n) is 4.22. The summed E-state index contributed by atoms with van der Waals surface area (Å²) in [7, 11) is 1.32. The lowest BCUT2D eigenvalue weighted by molar-refractivity contribution is -0.144. The molecular formula is C14H19NO3S. The third kappa shape index (κ3) is 5.34. The SMILES string of the molecule is COC(=O)C(CSCc1ccccc1C)NC(C)=O. The number of esters is 1. The van der Waals surface area contributed by atoms with E-state index in [1.165, 1.54) is 25.2 Å². The first-order valence-electron chi connectivity index (χ1n) is 6.01. The van der Waals surface area contributed by atoms with Crippen LogP contribution in [-0.2, 0) is 20.1 Å². The maximum Gasteiger partial charge on any atom is 0.329 e. The summed E-state index contributed by atoms with van der Waals surface area (Å²) < 4.78 is 4.67. The van der Waals surface area contributed by atoms with Gasteiger partial charge in [-0.25, -0.2) is 4.79 Å². The predicted molar refractivity (Wildman–Crippen MR) is 77.0 cm³/mol. The molecule has 1 amide bonds. The van der Waals surface area contributed by atoms with Crippen molar-refractivity contribution < 1.29 is 14.3 Å². The van der Waals surface area contributed by atoms with E-state index in [9.17, 15) is 9.59 Å². The molecule has 1 unspecified atom stereocenters. The molecule has 1 atom stereocenters. The molecule has 0 saturated carbocycles. The minimum atomic E-state index is -0.587. The zero-order valence-corrected chi connectivity index (χ0v) is 12.3. The second-order valence-corrected chi connectivity index (χ2v) is 5.25. The molecule has 1 rings (SSSR count). The number of aryl methyl sites for hydroxylation is 1. The van der Waals surface area contributed by atoms with Crippen molar-refractivity contribution in [3.63, 3.8) is 0 Å². The van der Waals surface area contributed by atoms with Crippen LogP contribution < -0.4 is 5.32 Å². The molecule has 0 aromatic heterocycles. The average molecular weight is 281 g/mol. The van der Waals surface area contributed by atoms with Crippen LogP contribution in [0.15, 0.2) is 24.3 Å². The molecule has 4 nitrogen and oxygen atoms in total. The molecule has 5 heteroatoms. The van der Waals surface area contributed by atoms with E-state index in [-0.39, 0.29) is 5.91 Å². The Labute approximate surface area is 117 Å². The zero-order chi connectivity index (χ0) is 14.3. The number of benzene rings is 1. The van der Waals surface area contributed by atoms with Gasteiger partial charge < -0.3 is 10.1 Å². The zero-order valence-electron chi connectivity index (χ0n) is 11.4. The average Bonchev–Trinajstić information content (AvgIpc) is 2.38. The van der Waals surface area contributed by atoms with Crippen molar-refractivity contribution in [1.82, 2.24) is 5.32 Å². The van der Waals surface area contributed by atoms with E-state index in [2.05, 4.69) is 29.1 Å². The van der Waals surface area contributed by atoms with Gasteiger partial charge in [-0.15, -0.1) is 0 Å². The summed E-state index contributed by atoms with van der Waals surface area (Å²) in [5, 5.41) is 2.60. The highest BCUT2D eigenvalue weighted by molar-refractivity contribution is 7.98. The molecule has 0 radical (unpaired) electrons. The van der Waals surface area contributed by atoms with Crippen molar-refractivity contribution in [2.45, 2.75) is 25.6 Å². The second kappa shape index (κ2) is 7.84. The summed E-state index contributed by atoms with van der Waals surface area (Å²) in [5.41, 5.74) is 2.46. The van der Waals surface area contributed by atoms with Gasteiger partial charge in [-0.3, -0.25) is 4.79 Å². The van der Waals surface area contributed by atoms with Crippen LogP contribution in [0.25, 0.3) is 0 Å². The predicted octanol–water partition coefficient (Wildman–Crippen LogP) is 1.91. The fourth-order valence-electron chi connectivity index (χ4n) is 1.62. The molecule has 0 aliphatic heterocycles. The van der Waals surface area contributed by atoms with Crippen LogP contribution in [-0.4, -0.2) is 30.8 Å². The summed E-state index contributed by atoms with van der Waals surface area (Å²) >= 11 is 1.60. The maximum absolute atomic E-state index is 11.5. The molecule has 0 aliphatic rings. The van der Waals surface area contributed by atoms with Crippen LogP contribution in [0.5, 0.6) is 0 Å². The van der Waals surface area contributed by atoms with Gasteiger partial charge in [0.1, 0.15) is 6.04 Å². The lowest BCUT2D eigenvalue weighted by atomic mass is 10.1. The first-order valence-corrected chi connectivity index (χ1v) is 7.17. The number of methoxy groups -OCH3 is 1. The van der Waals surface area contributed by atoms with Crippen LogP contribution in [0.4, 0.5) is 0 Å². The van der Waals surface area contributed by atoms with E-state index >= 15 is 0 Å². The lowest BCUT2D eigenvalue weighted by Gasteiger charge is -2.15. The number of thioether (sulfide) groups is 1. The first kappa shape index (κ1) is 15.6. The summed E-state index contributed by atoms with van der Waals surface area (Å²) in [4.78, 5) is 22.5. The van der Waals surface area contributed by atoms with E-state index < -0.39 is 12.0 Å². The van der Waals surface area contributed by atoms with E-state index in [1.807, 2.05) is 12.1 Å². The molecule has 0 heterocycles. The van der Waals surface area contributed by atoms with Crippen molar-refractivity contribution in [2.75, 3.05) is 12.9 Å². The van der Waals surface area contributed by atoms with Gasteiger partial charge in [-0.05, 0) is 18.1 Å². The van der Waals surface area contributed by atoms with Crippen LogP contribution in [0.1, 0.15) is 18.1 Å². The summed E-state index contributed by atoms with van der Waals surface area (Å²) in [5.74, 6) is 0.666. The van der Waals surface area contributed by atoms with Gasteiger partial charge in [-0.2, -0.15) is 11.8 Å². The molecule has 1 aromatic rings. The van der Waals surface area contributed by atoms with Crippen molar-refractivity contribution in [3.05, 3.63) is 35.4 Å². The molecule has 1 aromatic carbocycles. The highest BCUT2D eigenvalue weighted by Gasteiger charge is 2.19. The van der Waals surface area contributed by atoms with Crippen LogP contribution in [0.3, 0.4) is 0 Å². The van der Waals surface area contributed by atoms with Gasteiger partial charge in [0.25, 0.3) is 0 Å². The summed E-state index contributed by atoms with van der Waals surface area (Å²) in [6.07, 6.45) is 0. The number of ether oxygens (including phenoxy) is 1. The number of amides is 1. The standard InChI is InChI=1S/C14H19NO3S/c1-10-6-4-5-7-12(10)8-19-9-13(14(17)18-3)15-11(2)16/h4-7,13H,8-9H2,1-3H3,(H,15,16). The Morgan fingerprint density at radius 2 is 2.05 bits per heavy atom. The fraction of sp³-hybridized carbons (Fsp3) is 0.429. The van der Waals surface area contributed by atoms with Crippen molar-refractivity contribution >= 4 is 23.6 Å². The topological polar surface area (TPSA) is 55.4 Å². The number of carbonyl (C=O) groups is 2. The van der Waals surface area contributed by atoms with Crippen molar-refractivity contribution in [1.29, 1.82) is 0 Å². The van der Waals surface area contributed by atoms with E-state index in [0.29, 0.717) is 5.75 Å². The van der Waals surface area contributed by atoms with E-state index in [4.69, 9.17) is 0 Å². The van der Waals surface area contributed by atoms with E-state index in [1.54, 1.807) is 11.8 Å². The molecule has 0 saturated heterocycles. The van der Waals surface area contributed by atoms with Crippen LogP contribution in [0.2, 0.25) is 0 Å². The molecule has 104 valence electrons. The summed E-state index contributed by atoms with van der Waals surface area (Å²) in [6, 6.07) is 7.53. The minimum absolute atomic E-state index is 0.230. The highest BCUT2D eigenvalue weighted by atomic mass is 32.2. The Morgan fingerprint density at radius 1 is 1.37 bits per heavy atom. The van der Waals surface area contributed by atoms with Gasteiger partial charge in [0.05, 0.1) is 7.11 Å². The third-order valence-corrected chi connectivity index (χ3v) is 3.75. The van der Waals surface area contributed by atoms with Crippen LogP contribution in [0, 0.1) is 6.92 Å². The lowest BCUT2D eigenvalue weighted by Crippen LogP contribution is -2.42. The minimum Gasteiger partial charge on any atom is -0.467 e. The van der Waals surface area contributed by atoms with Crippen molar-refractivity contribution in [3.8, 4) is 0 Å². The molecule has 0 bridgehead atoms. The summed E-state index contributed by atoms with van der Waals surface area (Å²) in [6.45, 7) is 3.45. The Kier molecular flexibility index (Phi) is 6.42. The van der Waals surface area contributed by atoms with Gasteiger partial charge in [0.15, 0.2) is 0 Å². The largest absolute Gasteiger partial charge is 0.467 e. The monoisotopic (exact) mass is 281 g/mol. The fourth-order valence-corrected chi connectivity index (χ4v) is 2.73. The van der Waals surface area contributed by atoms with Crippen molar-refractivity contribution in [2.24, 2.45) is 0 Å². The molecular weight excluding hydrogens is 262 g/mol. The van der Waals surface area contributed by atoms with Gasteiger partial charge in [0.2, 0.25) is 5.91 Å². The van der Waals surface area contributed by atoms with Gasteiger partial charge >= 0.3 is 5.97 Å². The number of nitrogens with one attached hydrogen (secondary N) is 1. The molecule has 0 spiro atoms. The van der Waals surface area contributed by atoms with Crippen LogP contribution >= 0.6 is 11.8 Å². The third-order valence-electron chi connectivity index (χ3n) is 2.67. The quantitative estimate of drug-likeness (QED) is 0.809. The number of hydrogen-bond acceptors (Lipinski definition) is 4. The normalized spacial score (nSPS) is 11.7. The van der Waals surface area contributed by atoms with Gasteiger partial charge in [-0.1, -0.05) is 24.3 Å². The highest BCUT2D eigenvalue weighted by Crippen LogP contribution is 2.16. The smallest absolute Gasteiger partial charge is 0.329 e. The molecule has 19 heavy (non-hydrogen) atoms.